The van der Waals surface area contributed by atoms with Crippen LogP contribution in [0, 0.1) is 0 Å². The number of aliphatic hydroxyl groups excluding tert-OH is 1. The van der Waals surface area contributed by atoms with Gasteiger partial charge in [0.25, 0.3) is 0 Å². The molecule has 0 aliphatic carbocycles. The molecule has 100 valence electrons. The molecule has 2 aromatic rings. The van der Waals surface area contributed by atoms with Crippen LogP contribution in [0.15, 0.2) is 34.8 Å². The molecule has 0 unspecified atom stereocenters. The summed E-state index contributed by atoms with van der Waals surface area (Å²) in [5.74, 6) is 0.516. The van der Waals surface area contributed by atoms with Crippen molar-refractivity contribution in [2.24, 2.45) is 0 Å². The molecule has 1 heterocycles. The van der Waals surface area contributed by atoms with Crippen molar-refractivity contribution in [3.8, 4) is 17.1 Å². The van der Waals surface area contributed by atoms with Crippen molar-refractivity contribution in [3.05, 3.63) is 45.4 Å². The molecule has 0 bridgehead atoms. The number of halogens is 2. The summed E-state index contributed by atoms with van der Waals surface area (Å²) in [4.78, 5) is 4.44. The average Bonchev–Trinajstić information content (AvgIpc) is 2.43. The van der Waals surface area contributed by atoms with Crippen LogP contribution in [0.1, 0.15) is 5.56 Å². The van der Waals surface area contributed by atoms with Crippen molar-refractivity contribution in [2.45, 2.75) is 6.42 Å². The van der Waals surface area contributed by atoms with Crippen LogP contribution < -0.4 is 4.74 Å². The highest BCUT2D eigenvalue weighted by molar-refractivity contribution is 9.10. The molecule has 1 aromatic carbocycles. The first-order chi connectivity index (χ1) is 9.17. The quantitative estimate of drug-likeness (QED) is 0.921. The number of nitrogens with zero attached hydrogens (tertiary/aromatic N) is 1. The summed E-state index contributed by atoms with van der Waals surface area (Å²) in [6, 6.07) is 9.46. The summed E-state index contributed by atoms with van der Waals surface area (Å²) >= 11 is 9.65. The van der Waals surface area contributed by atoms with Crippen LogP contribution in [0.2, 0.25) is 5.02 Å². The van der Waals surface area contributed by atoms with Gasteiger partial charge in [-0.25, -0.2) is 4.98 Å². The molecule has 5 heteroatoms. The zero-order chi connectivity index (χ0) is 13.8. The molecule has 0 spiro atoms. The molecule has 0 saturated carbocycles. The van der Waals surface area contributed by atoms with E-state index < -0.39 is 0 Å². The fourth-order valence-electron chi connectivity index (χ4n) is 1.81. The Labute approximate surface area is 125 Å². The lowest BCUT2D eigenvalue weighted by atomic mass is 10.1. The van der Waals surface area contributed by atoms with Crippen LogP contribution in [0.25, 0.3) is 11.3 Å². The highest BCUT2D eigenvalue weighted by atomic mass is 79.9. The smallest absolute Gasteiger partial charge is 0.216 e. The van der Waals surface area contributed by atoms with Gasteiger partial charge >= 0.3 is 0 Å². The van der Waals surface area contributed by atoms with Gasteiger partial charge in [-0.3, -0.25) is 0 Å². The molecule has 0 fully saturated rings. The van der Waals surface area contributed by atoms with Gasteiger partial charge in [-0.1, -0.05) is 29.8 Å². The SMILES string of the molecule is COc1nc(-c2cccc(Br)c2Cl)ccc1CCO. The number of hydrogen-bond donors (Lipinski definition) is 1. The van der Waals surface area contributed by atoms with Crippen molar-refractivity contribution < 1.29 is 9.84 Å². The Bertz CT molecular complexity index is 590. The van der Waals surface area contributed by atoms with Gasteiger partial charge in [0.05, 0.1) is 17.8 Å². The zero-order valence-corrected chi connectivity index (χ0v) is 12.7. The first-order valence-electron chi connectivity index (χ1n) is 5.76. The fourth-order valence-corrected chi connectivity index (χ4v) is 2.40. The second kappa shape index (κ2) is 6.37. The Morgan fingerprint density at radius 1 is 1.32 bits per heavy atom. The van der Waals surface area contributed by atoms with E-state index in [0.717, 1.165) is 21.3 Å². The first kappa shape index (κ1) is 14.3. The minimum Gasteiger partial charge on any atom is -0.481 e. The second-order valence-electron chi connectivity index (χ2n) is 3.94. The third-order valence-electron chi connectivity index (χ3n) is 2.74. The van der Waals surface area contributed by atoms with E-state index in [4.69, 9.17) is 21.4 Å². The molecule has 1 aromatic heterocycles. The lowest BCUT2D eigenvalue weighted by Gasteiger charge is -2.10. The van der Waals surface area contributed by atoms with Crippen LogP contribution in [0.5, 0.6) is 5.88 Å². The van der Waals surface area contributed by atoms with Gasteiger partial charge in [0.15, 0.2) is 0 Å². The third-order valence-corrected chi connectivity index (χ3v) is 4.04. The third kappa shape index (κ3) is 3.08. The Kier molecular flexibility index (Phi) is 4.80. The number of ether oxygens (including phenoxy) is 1. The van der Waals surface area contributed by atoms with E-state index in [2.05, 4.69) is 20.9 Å². The van der Waals surface area contributed by atoms with Crippen LogP contribution in [-0.4, -0.2) is 23.8 Å². The van der Waals surface area contributed by atoms with E-state index in [9.17, 15) is 0 Å². The largest absolute Gasteiger partial charge is 0.481 e. The molecular formula is C14H13BrClNO2. The van der Waals surface area contributed by atoms with Gasteiger partial charge in [-0.05, 0) is 28.1 Å². The molecule has 0 atom stereocenters. The Hall–Kier alpha value is -1.10. The van der Waals surface area contributed by atoms with Gasteiger partial charge in [0.1, 0.15) is 0 Å². The lowest BCUT2D eigenvalue weighted by Crippen LogP contribution is -1.99. The van der Waals surface area contributed by atoms with Gasteiger partial charge < -0.3 is 9.84 Å². The fraction of sp³-hybridized carbons (Fsp3) is 0.214. The minimum atomic E-state index is 0.0645. The highest BCUT2D eigenvalue weighted by Gasteiger charge is 2.11. The molecule has 0 aliphatic rings. The number of aliphatic hydroxyl groups is 1. The highest BCUT2D eigenvalue weighted by Crippen LogP contribution is 2.34. The van der Waals surface area contributed by atoms with E-state index in [1.807, 2.05) is 30.3 Å². The zero-order valence-electron chi connectivity index (χ0n) is 10.4. The van der Waals surface area contributed by atoms with Crippen LogP contribution >= 0.6 is 27.5 Å². The number of methoxy groups -OCH3 is 1. The van der Waals surface area contributed by atoms with Crippen molar-refractivity contribution in [1.29, 1.82) is 0 Å². The summed E-state index contributed by atoms with van der Waals surface area (Å²) in [5, 5.41) is 9.61. The number of rotatable bonds is 4. The molecule has 1 N–H and O–H groups in total. The number of hydrogen-bond acceptors (Lipinski definition) is 3. The molecule has 0 radical (unpaired) electrons. The summed E-state index contributed by atoms with van der Waals surface area (Å²) in [5.41, 5.74) is 2.45. The monoisotopic (exact) mass is 341 g/mol. The number of benzene rings is 1. The number of aromatic nitrogens is 1. The average molecular weight is 343 g/mol. The maximum Gasteiger partial charge on any atom is 0.216 e. The Morgan fingerprint density at radius 3 is 2.79 bits per heavy atom. The maximum atomic E-state index is 9.00. The first-order valence-corrected chi connectivity index (χ1v) is 6.93. The predicted molar refractivity (Wildman–Crippen MR) is 79.7 cm³/mol. The minimum absolute atomic E-state index is 0.0645. The second-order valence-corrected chi connectivity index (χ2v) is 5.17. The van der Waals surface area contributed by atoms with E-state index in [1.54, 1.807) is 7.11 Å². The predicted octanol–water partition coefficient (Wildman–Crippen LogP) is 3.71. The normalized spacial score (nSPS) is 10.5. The lowest BCUT2D eigenvalue weighted by molar-refractivity contribution is 0.296. The van der Waals surface area contributed by atoms with Gasteiger partial charge in [-0.15, -0.1) is 0 Å². The summed E-state index contributed by atoms with van der Waals surface area (Å²) < 4.78 is 6.08. The van der Waals surface area contributed by atoms with E-state index in [1.165, 1.54) is 0 Å². The van der Waals surface area contributed by atoms with E-state index in [-0.39, 0.29) is 6.61 Å². The standard InChI is InChI=1S/C14H13BrClNO2/c1-19-14-9(7-8-18)5-6-12(17-14)10-3-2-4-11(15)13(10)16/h2-6,18H,7-8H2,1H3. The van der Waals surface area contributed by atoms with Crippen molar-refractivity contribution in [2.75, 3.05) is 13.7 Å². The van der Waals surface area contributed by atoms with E-state index >= 15 is 0 Å². The van der Waals surface area contributed by atoms with Crippen molar-refractivity contribution in [1.82, 2.24) is 4.98 Å². The van der Waals surface area contributed by atoms with Crippen molar-refractivity contribution >= 4 is 27.5 Å². The number of pyridine rings is 1. The van der Waals surface area contributed by atoms with Crippen LogP contribution in [0.4, 0.5) is 0 Å². The van der Waals surface area contributed by atoms with E-state index in [0.29, 0.717) is 17.3 Å². The summed E-state index contributed by atoms with van der Waals surface area (Å²) in [7, 11) is 1.56. The molecule has 2 rings (SSSR count). The summed E-state index contributed by atoms with van der Waals surface area (Å²) in [6.07, 6.45) is 0.517. The molecule has 3 nitrogen and oxygen atoms in total. The molecule has 0 aliphatic heterocycles. The van der Waals surface area contributed by atoms with Gasteiger partial charge in [0.2, 0.25) is 5.88 Å². The molecule has 19 heavy (non-hydrogen) atoms. The topological polar surface area (TPSA) is 42.4 Å². The van der Waals surface area contributed by atoms with Gasteiger partial charge in [0, 0.05) is 28.6 Å². The molecule has 0 amide bonds. The van der Waals surface area contributed by atoms with Gasteiger partial charge in [-0.2, -0.15) is 0 Å². The Morgan fingerprint density at radius 2 is 2.11 bits per heavy atom. The molecular weight excluding hydrogens is 330 g/mol. The van der Waals surface area contributed by atoms with Crippen LogP contribution in [-0.2, 0) is 6.42 Å². The molecule has 0 saturated heterocycles. The maximum absolute atomic E-state index is 9.00. The Balaban J connectivity index is 2.48. The van der Waals surface area contributed by atoms with Crippen LogP contribution in [0.3, 0.4) is 0 Å². The summed E-state index contributed by atoms with van der Waals surface area (Å²) in [6.45, 7) is 0.0645. The van der Waals surface area contributed by atoms with Crippen molar-refractivity contribution in [3.63, 3.8) is 0 Å².